The molecular weight excluding hydrogens is 170 g/mol. The first-order valence-corrected chi connectivity index (χ1v) is 4.59. The van der Waals surface area contributed by atoms with Gasteiger partial charge in [-0.1, -0.05) is 13.8 Å². The van der Waals surface area contributed by atoms with Crippen LogP contribution in [0.25, 0.3) is 0 Å². The Morgan fingerprint density at radius 3 is 2.54 bits per heavy atom. The molecule has 0 bridgehead atoms. The van der Waals surface area contributed by atoms with Crippen LogP contribution in [-0.2, 0) is 4.74 Å². The molecule has 1 amide bonds. The first-order valence-electron chi connectivity index (χ1n) is 4.59. The van der Waals surface area contributed by atoms with Crippen molar-refractivity contribution in [3.63, 3.8) is 0 Å². The van der Waals surface area contributed by atoms with Crippen molar-refractivity contribution < 1.29 is 14.6 Å². The first kappa shape index (κ1) is 8.81. The highest BCUT2D eigenvalue weighted by atomic mass is 16.6. The quantitative estimate of drug-likeness (QED) is 0.576. The van der Waals surface area contributed by atoms with Gasteiger partial charge >= 0.3 is 6.09 Å². The van der Waals surface area contributed by atoms with Crippen LogP contribution in [0.3, 0.4) is 0 Å². The van der Waals surface area contributed by atoms with Crippen molar-refractivity contribution in [2.24, 2.45) is 5.41 Å². The summed E-state index contributed by atoms with van der Waals surface area (Å²) in [6.45, 7) is 6.15. The Morgan fingerprint density at radius 2 is 2.15 bits per heavy atom. The molecule has 1 spiro atoms. The number of rotatable bonds is 0. The molecule has 74 valence electrons. The van der Waals surface area contributed by atoms with E-state index in [1.165, 1.54) is 4.90 Å². The fourth-order valence-corrected chi connectivity index (χ4v) is 2.14. The average Bonchev–Trinajstić information content (AvgIpc) is 2.76. The molecule has 0 radical (unpaired) electrons. The summed E-state index contributed by atoms with van der Waals surface area (Å²) < 4.78 is 5.46. The minimum Gasteiger partial charge on any atom is -0.465 e. The van der Waals surface area contributed by atoms with Crippen LogP contribution in [0.5, 0.6) is 0 Å². The number of ether oxygens (including phenoxy) is 1. The van der Waals surface area contributed by atoms with Crippen molar-refractivity contribution in [1.29, 1.82) is 0 Å². The predicted octanol–water partition coefficient (Wildman–Crippen LogP) is 1.17. The summed E-state index contributed by atoms with van der Waals surface area (Å²) in [5.41, 5.74) is -0.0530. The Kier molecular flexibility index (Phi) is 1.61. The fraction of sp³-hybridized carbons (Fsp3) is 0.889. The zero-order chi connectivity index (χ0) is 9.69. The minimum absolute atomic E-state index is 0.0149. The number of epoxide rings is 1. The van der Waals surface area contributed by atoms with E-state index in [2.05, 4.69) is 13.8 Å². The Bertz CT molecular complexity index is 245. The molecule has 0 saturated carbocycles. The summed E-state index contributed by atoms with van der Waals surface area (Å²) in [6, 6.07) is 0. The molecular formula is C9H15NO3. The van der Waals surface area contributed by atoms with E-state index >= 15 is 0 Å². The van der Waals surface area contributed by atoms with Crippen LogP contribution >= 0.6 is 0 Å². The van der Waals surface area contributed by atoms with Gasteiger partial charge in [0.15, 0.2) is 0 Å². The van der Waals surface area contributed by atoms with Crippen LogP contribution in [0.15, 0.2) is 0 Å². The predicted molar refractivity (Wildman–Crippen MR) is 46.7 cm³/mol. The topological polar surface area (TPSA) is 53.1 Å². The van der Waals surface area contributed by atoms with Crippen LogP contribution in [0.2, 0.25) is 0 Å². The largest absolute Gasteiger partial charge is 0.465 e. The van der Waals surface area contributed by atoms with Crippen molar-refractivity contribution >= 4 is 6.09 Å². The van der Waals surface area contributed by atoms with E-state index < -0.39 is 6.09 Å². The number of hydrogen-bond donors (Lipinski definition) is 1. The molecule has 0 aromatic rings. The molecule has 2 fully saturated rings. The second-order valence-electron chi connectivity index (χ2n) is 4.62. The third-order valence-corrected chi connectivity index (χ3v) is 3.37. The van der Waals surface area contributed by atoms with Crippen LogP contribution < -0.4 is 0 Å². The van der Waals surface area contributed by atoms with Crippen LogP contribution in [0.1, 0.15) is 20.3 Å². The molecule has 1 unspecified atom stereocenters. The average molecular weight is 185 g/mol. The minimum atomic E-state index is -0.816. The molecule has 1 N–H and O–H groups in total. The standard InChI is InChI=1S/C9H15NO3/c1-8(2)5-10(7(11)12)4-3-9(8)6-13-9/h3-6H2,1-2H3,(H,11,12). The van der Waals surface area contributed by atoms with Gasteiger partial charge < -0.3 is 14.7 Å². The van der Waals surface area contributed by atoms with Crippen LogP contribution in [-0.4, -0.2) is 41.4 Å². The molecule has 13 heavy (non-hydrogen) atoms. The van der Waals surface area contributed by atoms with Gasteiger partial charge in [0.2, 0.25) is 0 Å². The normalized spacial score (nSPS) is 36.3. The second-order valence-corrected chi connectivity index (χ2v) is 4.62. The van der Waals surface area contributed by atoms with Crippen molar-refractivity contribution in [3.05, 3.63) is 0 Å². The maximum Gasteiger partial charge on any atom is 0.407 e. The maximum atomic E-state index is 10.8. The van der Waals surface area contributed by atoms with Gasteiger partial charge in [0.1, 0.15) is 5.60 Å². The van der Waals surface area contributed by atoms with Crippen molar-refractivity contribution in [3.8, 4) is 0 Å². The lowest BCUT2D eigenvalue weighted by molar-refractivity contribution is 0.0292. The van der Waals surface area contributed by atoms with E-state index in [4.69, 9.17) is 9.84 Å². The van der Waals surface area contributed by atoms with Gasteiger partial charge in [-0.3, -0.25) is 0 Å². The Balaban J connectivity index is 2.11. The third-order valence-electron chi connectivity index (χ3n) is 3.37. The second kappa shape index (κ2) is 2.38. The van der Waals surface area contributed by atoms with Crippen molar-refractivity contribution in [2.75, 3.05) is 19.7 Å². The van der Waals surface area contributed by atoms with E-state index in [9.17, 15) is 4.79 Å². The Hall–Kier alpha value is -0.770. The monoisotopic (exact) mass is 185 g/mol. The summed E-state index contributed by atoms with van der Waals surface area (Å²) in [5.74, 6) is 0. The van der Waals surface area contributed by atoms with E-state index in [0.29, 0.717) is 13.1 Å². The van der Waals surface area contributed by atoms with Gasteiger partial charge in [-0.15, -0.1) is 0 Å². The smallest absolute Gasteiger partial charge is 0.407 e. The number of carboxylic acid groups (broad SMARTS) is 1. The Labute approximate surface area is 77.5 Å². The van der Waals surface area contributed by atoms with Gasteiger partial charge in [0, 0.05) is 18.5 Å². The highest BCUT2D eigenvalue weighted by Gasteiger charge is 2.59. The molecule has 2 aliphatic rings. The zero-order valence-corrected chi connectivity index (χ0v) is 8.04. The zero-order valence-electron chi connectivity index (χ0n) is 8.04. The van der Waals surface area contributed by atoms with E-state index in [1.54, 1.807) is 0 Å². The highest BCUT2D eigenvalue weighted by Crippen LogP contribution is 2.49. The lowest BCUT2D eigenvalue weighted by Crippen LogP contribution is -2.52. The van der Waals surface area contributed by atoms with Gasteiger partial charge in [-0.2, -0.15) is 0 Å². The summed E-state index contributed by atoms with van der Waals surface area (Å²) >= 11 is 0. The lowest BCUT2D eigenvalue weighted by atomic mass is 9.74. The molecule has 4 nitrogen and oxygen atoms in total. The molecule has 1 atom stereocenters. The molecule has 0 aromatic heterocycles. The van der Waals surface area contributed by atoms with Gasteiger partial charge in [-0.05, 0) is 6.42 Å². The van der Waals surface area contributed by atoms with Crippen molar-refractivity contribution in [2.45, 2.75) is 25.9 Å². The van der Waals surface area contributed by atoms with Gasteiger partial charge in [0.25, 0.3) is 0 Å². The van der Waals surface area contributed by atoms with Crippen molar-refractivity contribution in [1.82, 2.24) is 4.90 Å². The third kappa shape index (κ3) is 1.20. The molecule has 2 saturated heterocycles. The number of carbonyl (C=O) groups is 1. The van der Waals surface area contributed by atoms with Gasteiger partial charge in [-0.25, -0.2) is 4.79 Å². The summed E-state index contributed by atoms with van der Waals surface area (Å²) in [6.07, 6.45) is 0.0234. The van der Waals surface area contributed by atoms with E-state index in [1.807, 2.05) is 0 Å². The molecule has 0 aliphatic carbocycles. The number of hydrogen-bond acceptors (Lipinski definition) is 2. The van der Waals surface area contributed by atoms with Gasteiger partial charge in [0.05, 0.1) is 6.61 Å². The summed E-state index contributed by atoms with van der Waals surface area (Å²) in [5, 5.41) is 8.85. The SMILES string of the molecule is CC1(C)CN(C(=O)O)CCC12CO2. The lowest BCUT2D eigenvalue weighted by Gasteiger charge is -2.41. The summed E-state index contributed by atoms with van der Waals surface area (Å²) in [4.78, 5) is 12.2. The van der Waals surface area contributed by atoms with Crippen LogP contribution in [0.4, 0.5) is 4.79 Å². The molecule has 4 heteroatoms. The Morgan fingerprint density at radius 1 is 1.54 bits per heavy atom. The number of amides is 1. The highest BCUT2D eigenvalue weighted by molar-refractivity contribution is 5.65. The van der Waals surface area contributed by atoms with E-state index in [0.717, 1.165) is 13.0 Å². The maximum absolute atomic E-state index is 10.8. The first-order chi connectivity index (χ1) is 5.97. The number of piperidine rings is 1. The fourth-order valence-electron chi connectivity index (χ4n) is 2.14. The number of likely N-dealkylation sites (tertiary alicyclic amines) is 1. The molecule has 2 aliphatic heterocycles. The molecule has 2 heterocycles. The molecule has 2 rings (SSSR count). The molecule has 0 aromatic carbocycles. The van der Waals surface area contributed by atoms with E-state index in [-0.39, 0.29) is 11.0 Å². The van der Waals surface area contributed by atoms with Crippen LogP contribution in [0, 0.1) is 5.41 Å². The number of nitrogens with zero attached hydrogens (tertiary/aromatic N) is 1. The summed E-state index contributed by atoms with van der Waals surface area (Å²) in [7, 11) is 0.